The zero-order valence-electron chi connectivity index (χ0n) is 12.0. The average molecular weight is 280 g/mol. The van der Waals surface area contributed by atoms with E-state index in [2.05, 4.69) is 6.07 Å². The molecule has 0 heterocycles. The van der Waals surface area contributed by atoms with Gasteiger partial charge in [-0.3, -0.25) is 0 Å². The molecule has 0 saturated heterocycles. The Labute approximate surface area is 124 Å². The van der Waals surface area contributed by atoms with Crippen LogP contribution in [0.25, 0.3) is 0 Å². The lowest BCUT2D eigenvalue weighted by Gasteiger charge is -2.21. The minimum absolute atomic E-state index is 0.358. The van der Waals surface area contributed by atoms with Crippen LogP contribution in [0.3, 0.4) is 0 Å². The zero-order chi connectivity index (χ0) is 15.2. The Kier molecular flexibility index (Phi) is 4.57. The predicted molar refractivity (Wildman–Crippen MR) is 81.0 cm³/mol. The van der Waals surface area contributed by atoms with Crippen LogP contribution in [-0.2, 0) is 11.3 Å². The van der Waals surface area contributed by atoms with Gasteiger partial charge in [-0.15, -0.1) is 0 Å². The van der Waals surface area contributed by atoms with E-state index in [1.165, 1.54) is 7.11 Å². The first-order chi connectivity index (χ1) is 10.2. The van der Waals surface area contributed by atoms with Gasteiger partial charge in [-0.1, -0.05) is 24.3 Å². The Morgan fingerprint density at radius 3 is 2.71 bits per heavy atom. The van der Waals surface area contributed by atoms with E-state index in [0.717, 1.165) is 11.3 Å². The standard InChI is InChI=1S/C17H16N2O2/c1-19(12-14-7-5-6-13(10-14)11-18)16-9-4-3-8-15(16)17(20)21-2/h3-10H,12H2,1-2H3. The van der Waals surface area contributed by atoms with Crippen molar-refractivity contribution in [1.29, 1.82) is 5.26 Å². The number of benzene rings is 2. The molecule has 2 rings (SSSR count). The number of rotatable bonds is 4. The van der Waals surface area contributed by atoms with Crippen LogP contribution in [-0.4, -0.2) is 20.1 Å². The number of anilines is 1. The number of hydrogen-bond acceptors (Lipinski definition) is 4. The highest BCUT2D eigenvalue weighted by Crippen LogP contribution is 2.22. The maximum Gasteiger partial charge on any atom is 0.339 e. The minimum Gasteiger partial charge on any atom is -0.465 e. The summed E-state index contributed by atoms with van der Waals surface area (Å²) in [4.78, 5) is 13.8. The third kappa shape index (κ3) is 3.40. The van der Waals surface area contributed by atoms with Gasteiger partial charge in [0.1, 0.15) is 0 Å². The Morgan fingerprint density at radius 2 is 2.00 bits per heavy atom. The van der Waals surface area contributed by atoms with E-state index in [1.54, 1.807) is 18.2 Å². The fraction of sp³-hybridized carbons (Fsp3) is 0.176. The molecule has 0 atom stereocenters. The summed E-state index contributed by atoms with van der Waals surface area (Å²) in [7, 11) is 3.27. The minimum atomic E-state index is -0.358. The summed E-state index contributed by atoms with van der Waals surface area (Å²) < 4.78 is 4.81. The van der Waals surface area contributed by atoms with E-state index in [9.17, 15) is 4.79 Å². The lowest BCUT2D eigenvalue weighted by atomic mass is 10.1. The van der Waals surface area contributed by atoms with Gasteiger partial charge in [0.2, 0.25) is 0 Å². The van der Waals surface area contributed by atoms with Crippen molar-refractivity contribution in [3.63, 3.8) is 0 Å². The van der Waals surface area contributed by atoms with Gasteiger partial charge in [-0.2, -0.15) is 5.26 Å². The molecule has 0 aliphatic rings. The van der Waals surface area contributed by atoms with Crippen LogP contribution >= 0.6 is 0 Å². The van der Waals surface area contributed by atoms with Gasteiger partial charge < -0.3 is 9.64 Å². The van der Waals surface area contributed by atoms with Crippen molar-refractivity contribution in [2.45, 2.75) is 6.54 Å². The van der Waals surface area contributed by atoms with E-state index in [4.69, 9.17) is 10.00 Å². The van der Waals surface area contributed by atoms with E-state index >= 15 is 0 Å². The van der Waals surface area contributed by atoms with Gasteiger partial charge in [0.15, 0.2) is 0 Å². The van der Waals surface area contributed by atoms with Gasteiger partial charge in [0.25, 0.3) is 0 Å². The summed E-state index contributed by atoms with van der Waals surface area (Å²) in [5.74, 6) is -0.358. The molecule has 4 heteroatoms. The third-order valence-electron chi connectivity index (χ3n) is 3.20. The maximum absolute atomic E-state index is 11.8. The quantitative estimate of drug-likeness (QED) is 0.808. The highest BCUT2D eigenvalue weighted by molar-refractivity contribution is 5.95. The molecule has 0 saturated carbocycles. The monoisotopic (exact) mass is 280 g/mol. The molecule has 0 fully saturated rings. The zero-order valence-corrected chi connectivity index (χ0v) is 12.0. The molecule has 0 N–H and O–H groups in total. The van der Waals surface area contributed by atoms with E-state index in [-0.39, 0.29) is 5.97 Å². The predicted octanol–water partition coefficient (Wildman–Crippen LogP) is 2.98. The molecule has 4 nitrogen and oxygen atoms in total. The molecule has 0 radical (unpaired) electrons. The SMILES string of the molecule is COC(=O)c1ccccc1N(C)Cc1cccc(C#N)c1. The normalized spacial score (nSPS) is 9.76. The highest BCUT2D eigenvalue weighted by Gasteiger charge is 2.14. The molecule has 0 aliphatic heterocycles. The van der Waals surface area contributed by atoms with Crippen molar-refractivity contribution in [3.8, 4) is 6.07 Å². The smallest absolute Gasteiger partial charge is 0.339 e. The van der Waals surface area contributed by atoms with Gasteiger partial charge in [-0.25, -0.2) is 4.79 Å². The molecule has 0 aliphatic carbocycles. The summed E-state index contributed by atoms with van der Waals surface area (Å²) in [6.07, 6.45) is 0. The number of para-hydroxylation sites is 1. The number of carbonyl (C=O) groups is 1. The topological polar surface area (TPSA) is 53.3 Å². The summed E-state index contributed by atoms with van der Waals surface area (Å²) in [5, 5.41) is 8.94. The molecular formula is C17H16N2O2. The number of nitrogens with zero attached hydrogens (tertiary/aromatic N) is 2. The lowest BCUT2D eigenvalue weighted by Crippen LogP contribution is -2.19. The Balaban J connectivity index is 2.26. The van der Waals surface area contributed by atoms with Crippen LogP contribution in [0, 0.1) is 11.3 Å². The molecule has 2 aromatic carbocycles. The number of esters is 1. The van der Waals surface area contributed by atoms with Crippen molar-refractivity contribution in [2.24, 2.45) is 0 Å². The Morgan fingerprint density at radius 1 is 1.24 bits per heavy atom. The van der Waals surface area contributed by atoms with Crippen molar-refractivity contribution in [1.82, 2.24) is 0 Å². The molecule has 0 amide bonds. The summed E-state index contributed by atoms with van der Waals surface area (Å²) in [5.41, 5.74) is 2.96. The summed E-state index contributed by atoms with van der Waals surface area (Å²) in [6, 6.07) is 16.9. The first-order valence-corrected chi connectivity index (χ1v) is 6.53. The van der Waals surface area contributed by atoms with Crippen LogP contribution in [0.15, 0.2) is 48.5 Å². The fourth-order valence-electron chi connectivity index (χ4n) is 2.19. The largest absolute Gasteiger partial charge is 0.465 e. The number of ether oxygens (including phenoxy) is 1. The van der Waals surface area contributed by atoms with Gasteiger partial charge in [-0.05, 0) is 29.8 Å². The molecule has 2 aromatic rings. The number of carbonyl (C=O) groups excluding carboxylic acids is 1. The van der Waals surface area contributed by atoms with Crippen LogP contribution < -0.4 is 4.90 Å². The van der Waals surface area contributed by atoms with Crippen LogP contribution in [0.1, 0.15) is 21.5 Å². The molecule has 0 unspecified atom stereocenters. The van der Waals surface area contributed by atoms with Crippen molar-refractivity contribution < 1.29 is 9.53 Å². The average Bonchev–Trinajstić information content (AvgIpc) is 2.54. The second kappa shape index (κ2) is 6.58. The molecule has 0 spiro atoms. The highest BCUT2D eigenvalue weighted by atomic mass is 16.5. The van der Waals surface area contributed by atoms with Gasteiger partial charge in [0, 0.05) is 13.6 Å². The van der Waals surface area contributed by atoms with E-state index < -0.39 is 0 Å². The fourth-order valence-corrected chi connectivity index (χ4v) is 2.19. The lowest BCUT2D eigenvalue weighted by molar-refractivity contribution is 0.0601. The summed E-state index contributed by atoms with van der Waals surface area (Å²) in [6.45, 7) is 0.601. The van der Waals surface area contributed by atoms with Gasteiger partial charge >= 0.3 is 5.97 Å². The van der Waals surface area contributed by atoms with Gasteiger partial charge in [0.05, 0.1) is 30.0 Å². The Bertz CT molecular complexity index is 689. The van der Waals surface area contributed by atoms with Crippen LogP contribution in [0.2, 0.25) is 0 Å². The molecule has 0 bridgehead atoms. The maximum atomic E-state index is 11.8. The summed E-state index contributed by atoms with van der Waals surface area (Å²) >= 11 is 0. The molecule has 21 heavy (non-hydrogen) atoms. The second-order valence-electron chi connectivity index (χ2n) is 4.68. The van der Waals surface area contributed by atoms with E-state index in [1.807, 2.05) is 42.3 Å². The van der Waals surface area contributed by atoms with Crippen molar-refractivity contribution in [2.75, 3.05) is 19.1 Å². The number of methoxy groups -OCH3 is 1. The van der Waals surface area contributed by atoms with Crippen LogP contribution in [0.5, 0.6) is 0 Å². The third-order valence-corrected chi connectivity index (χ3v) is 3.20. The number of hydrogen-bond donors (Lipinski definition) is 0. The molecule has 106 valence electrons. The molecule has 0 aromatic heterocycles. The van der Waals surface area contributed by atoms with E-state index in [0.29, 0.717) is 17.7 Å². The Hall–Kier alpha value is -2.80. The van der Waals surface area contributed by atoms with Crippen molar-refractivity contribution >= 4 is 11.7 Å². The second-order valence-corrected chi connectivity index (χ2v) is 4.68. The molecular weight excluding hydrogens is 264 g/mol. The first kappa shape index (κ1) is 14.6. The van der Waals surface area contributed by atoms with Crippen LogP contribution in [0.4, 0.5) is 5.69 Å². The van der Waals surface area contributed by atoms with Crippen molar-refractivity contribution in [3.05, 3.63) is 65.2 Å². The number of nitriles is 1. The first-order valence-electron chi connectivity index (χ1n) is 6.53.